The van der Waals surface area contributed by atoms with Gasteiger partial charge in [0.2, 0.25) is 5.91 Å². The number of hydrogen-bond donors (Lipinski definition) is 0. The number of carbonyl (C=O) groups is 1. The molecule has 0 N–H and O–H groups in total. The van der Waals surface area contributed by atoms with E-state index in [2.05, 4.69) is 5.16 Å². The summed E-state index contributed by atoms with van der Waals surface area (Å²) in [6, 6.07) is 8.92. The van der Waals surface area contributed by atoms with Gasteiger partial charge in [-0.05, 0) is 38.8 Å². The van der Waals surface area contributed by atoms with Crippen LogP contribution in [-0.4, -0.2) is 27.1 Å². The molecular formula is C20H21N3O3. The van der Waals surface area contributed by atoms with Gasteiger partial charge in [0.25, 0.3) is 0 Å². The predicted molar refractivity (Wildman–Crippen MR) is 97.9 cm³/mol. The number of aromatic nitrogens is 2. The highest BCUT2D eigenvalue weighted by molar-refractivity contribution is 5.82. The van der Waals surface area contributed by atoms with Crippen molar-refractivity contribution in [3.8, 4) is 0 Å². The first-order chi connectivity index (χ1) is 12.6. The van der Waals surface area contributed by atoms with Crippen LogP contribution in [0.2, 0.25) is 0 Å². The number of nitrogens with zero attached hydrogens (tertiary/aromatic N) is 3. The standard InChI is InChI=1S/C20H21N3O3/c1-13-20(14(2)26-21-13)17-8-5-10-23(17)19(25)12-22-11-9-18(24)15-6-3-4-7-16(15)22/h3-4,6-7,9,11,17H,5,8,10,12H2,1-2H3. The van der Waals surface area contributed by atoms with E-state index >= 15 is 0 Å². The van der Waals surface area contributed by atoms with Crippen LogP contribution in [0, 0.1) is 13.8 Å². The van der Waals surface area contributed by atoms with Gasteiger partial charge in [-0.3, -0.25) is 9.59 Å². The number of fused-ring (bicyclic) bond motifs is 1. The Kier molecular flexibility index (Phi) is 4.11. The molecule has 0 spiro atoms. The van der Waals surface area contributed by atoms with Gasteiger partial charge < -0.3 is 14.0 Å². The molecule has 3 aromatic rings. The second-order valence-electron chi connectivity index (χ2n) is 6.81. The van der Waals surface area contributed by atoms with Crippen molar-refractivity contribution in [2.24, 2.45) is 0 Å². The molecule has 1 saturated heterocycles. The Balaban J connectivity index is 1.65. The fourth-order valence-corrected chi connectivity index (χ4v) is 3.97. The molecular weight excluding hydrogens is 330 g/mol. The minimum absolute atomic E-state index is 0.0133. The molecule has 1 fully saturated rings. The number of hydrogen-bond acceptors (Lipinski definition) is 4. The van der Waals surface area contributed by atoms with Crippen molar-refractivity contribution in [1.29, 1.82) is 0 Å². The summed E-state index contributed by atoms with van der Waals surface area (Å²) in [5.41, 5.74) is 2.63. The molecule has 134 valence electrons. The highest BCUT2D eigenvalue weighted by atomic mass is 16.5. The number of benzene rings is 1. The van der Waals surface area contributed by atoms with Crippen molar-refractivity contribution in [1.82, 2.24) is 14.6 Å². The summed E-state index contributed by atoms with van der Waals surface area (Å²) in [7, 11) is 0. The number of para-hydroxylation sites is 1. The van der Waals surface area contributed by atoms with Crippen LogP contribution in [0.15, 0.2) is 45.8 Å². The van der Waals surface area contributed by atoms with E-state index in [4.69, 9.17) is 4.52 Å². The van der Waals surface area contributed by atoms with Crippen LogP contribution >= 0.6 is 0 Å². The number of likely N-dealkylation sites (tertiary alicyclic amines) is 1. The van der Waals surface area contributed by atoms with E-state index in [1.807, 2.05) is 41.5 Å². The van der Waals surface area contributed by atoms with E-state index in [1.54, 1.807) is 12.3 Å². The van der Waals surface area contributed by atoms with E-state index in [0.717, 1.165) is 41.9 Å². The van der Waals surface area contributed by atoms with Gasteiger partial charge >= 0.3 is 0 Å². The Bertz CT molecular complexity index is 1010. The van der Waals surface area contributed by atoms with Crippen LogP contribution in [-0.2, 0) is 11.3 Å². The van der Waals surface area contributed by atoms with E-state index in [1.165, 1.54) is 6.07 Å². The van der Waals surface area contributed by atoms with Gasteiger partial charge in [-0.1, -0.05) is 17.3 Å². The summed E-state index contributed by atoms with van der Waals surface area (Å²) >= 11 is 0. The maximum atomic E-state index is 13.0. The highest BCUT2D eigenvalue weighted by Crippen LogP contribution is 2.35. The lowest BCUT2D eigenvalue weighted by atomic mass is 10.0. The Morgan fingerprint density at radius 3 is 2.85 bits per heavy atom. The van der Waals surface area contributed by atoms with Crippen molar-refractivity contribution in [2.45, 2.75) is 39.3 Å². The summed E-state index contributed by atoms with van der Waals surface area (Å²) in [4.78, 5) is 27.0. The molecule has 26 heavy (non-hydrogen) atoms. The monoisotopic (exact) mass is 351 g/mol. The van der Waals surface area contributed by atoms with Crippen molar-refractivity contribution >= 4 is 16.8 Å². The van der Waals surface area contributed by atoms with Crippen molar-refractivity contribution in [3.05, 3.63) is 63.8 Å². The third kappa shape index (κ3) is 2.71. The molecule has 0 radical (unpaired) electrons. The Hall–Kier alpha value is -2.89. The fraction of sp³-hybridized carbons (Fsp3) is 0.350. The van der Waals surface area contributed by atoms with Crippen molar-refractivity contribution in [2.75, 3.05) is 6.54 Å². The molecule has 1 amide bonds. The summed E-state index contributed by atoms with van der Waals surface area (Å²) < 4.78 is 7.15. The lowest BCUT2D eigenvalue weighted by molar-refractivity contribution is -0.132. The molecule has 1 aliphatic heterocycles. The van der Waals surface area contributed by atoms with Crippen LogP contribution in [0.3, 0.4) is 0 Å². The minimum atomic E-state index is -0.0286. The summed E-state index contributed by atoms with van der Waals surface area (Å²) in [6.07, 6.45) is 3.58. The molecule has 6 heteroatoms. The normalized spacial score (nSPS) is 17.2. The van der Waals surface area contributed by atoms with E-state index in [0.29, 0.717) is 5.39 Å². The number of carbonyl (C=O) groups excluding carboxylic acids is 1. The van der Waals surface area contributed by atoms with E-state index in [-0.39, 0.29) is 23.9 Å². The summed E-state index contributed by atoms with van der Waals surface area (Å²) in [5, 5.41) is 4.67. The van der Waals surface area contributed by atoms with Gasteiger partial charge in [-0.2, -0.15) is 0 Å². The van der Waals surface area contributed by atoms with Gasteiger partial charge in [0.1, 0.15) is 12.3 Å². The maximum Gasteiger partial charge on any atom is 0.243 e. The lowest BCUT2D eigenvalue weighted by Crippen LogP contribution is -2.34. The Morgan fingerprint density at radius 1 is 1.27 bits per heavy atom. The Labute approximate surface area is 151 Å². The van der Waals surface area contributed by atoms with Crippen LogP contribution in [0.5, 0.6) is 0 Å². The first-order valence-corrected chi connectivity index (χ1v) is 8.86. The molecule has 0 saturated carbocycles. The zero-order chi connectivity index (χ0) is 18.3. The van der Waals surface area contributed by atoms with E-state index < -0.39 is 0 Å². The number of aryl methyl sites for hydroxylation is 2. The van der Waals surface area contributed by atoms with Crippen LogP contribution in [0.1, 0.15) is 35.9 Å². The zero-order valence-electron chi connectivity index (χ0n) is 14.9. The van der Waals surface area contributed by atoms with Crippen LogP contribution in [0.4, 0.5) is 0 Å². The van der Waals surface area contributed by atoms with Gasteiger partial charge in [-0.15, -0.1) is 0 Å². The largest absolute Gasteiger partial charge is 0.361 e. The second kappa shape index (κ2) is 6.44. The summed E-state index contributed by atoms with van der Waals surface area (Å²) in [6.45, 7) is 4.75. The molecule has 2 aromatic heterocycles. The smallest absolute Gasteiger partial charge is 0.243 e. The quantitative estimate of drug-likeness (QED) is 0.727. The number of amides is 1. The third-order valence-corrected chi connectivity index (χ3v) is 5.19. The first kappa shape index (κ1) is 16.6. The molecule has 1 unspecified atom stereocenters. The van der Waals surface area contributed by atoms with E-state index in [9.17, 15) is 9.59 Å². The molecule has 1 atom stereocenters. The number of rotatable bonds is 3. The molecule has 4 rings (SSSR count). The molecule has 3 heterocycles. The average molecular weight is 351 g/mol. The maximum absolute atomic E-state index is 13.0. The third-order valence-electron chi connectivity index (χ3n) is 5.19. The average Bonchev–Trinajstić information content (AvgIpc) is 3.24. The Morgan fingerprint density at radius 2 is 2.08 bits per heavy atom. The second-order valence-corrected chi connectivity index (χ2v) is 6.81. The molecule has 0 aliphatic carbocycles. The predicted octanol–water partition coefficient (Wildman–Crippen LogP) is 2.97. The van der Waals surface area contributed by atoms with Crippen LogP contribution < -0.4 is 5.43 Å². The molecule has 1 aliphatic rings. The fourth-order valence-electron chi connectivity index (χ4n) is 3.97. The first-order valence-electron chi connectivity index (χ1n) is 8.86. The van der Waals surface area contributed by atoms with Crippen molar-refractivity contribution < 1.29 is 9.32 Å². The minimum Gasteiger partial charge on any atom is -0.361 e. The molecule has 0 bridgehead atoms. The number of pyridine rings is 1. The van der Waals surface area contributed by atoms with Crippen molar-refractivity contribution in [3.63, 3.8) is 0 Å². The van der Waals surface area contributed by atoms with Gasteiger partial charge in [0.15, 0.2) is 5.43 Å². The van der Waals surface area contributed by atoms with Gasteiger partial charge in [-0.25, -0.2) is 0 Å². The highest BCUT2D eigenvalue weighted by Gasteiger charge is 2.33. The van der Waals surface area contributed by atoms with Gasteiger partial charge in [0.05, 0.1) is 17.3 Å². The topological polar surface area (TPSA) is 68.3 Å². The molecule has 6 nitrogen and oxygen atoms in total. The van der Waals surface area contributed by atoms with Gasteiger partial charge in [0, 0.05) is 29.8 Å². The van der Waals surface area contributed by atoms with Crippen LogP contribution in [0.25, 0.3) is 10.9 Å². The summed E-state index contributed by atoms with van der Waals surface area (Å²) in [5.74, 6) is 0.822. The lowest BCUT2D eigenvalue weighted by Gasteiger charge is -2.25. The molecule has 1 aromatic carbocycles. The SMILES string of the molecule is Cc1noc(C)c1C1CCCN1C(=O)Cn1ccc(=O)c2ccccc21. The zero-order valence-corrected chi connectivity index (χ0v) is 14.9.